The average Bonchev–Trinajstić information content (AvgIpc) is 2.98. The number of sulfonamides is 1. The van der Waals surface area contributed by atoms with Crippen molar-refractivity contribution in [1.29, 1.82) is 0 Å². The Morgan fingerprint density at radius 3 is 2.80 bits per heavy atom. The number of H-pyrrole nitrogens is 1. The van der Waals surface area contributed by atoms with E-state index in [1.54, 1.807) is 0 Å². The van der Waals surface area contributed by atoms with Gasteiger partial charge in [0.15, 0.2) is 0 Å². The maximum Gasteiger partial charge on any atom is 0.236 e. The number of imidazole rings is 1. The lowest BCUT2D eigenvalue weighted by Crippen LogP contribution is -2.42. The molecule has 1 fully saturated rings. The van der Waals surface area contributed by atoms with Crippen molar-refractivity contribution in [3.05, 3.63) is 30.1 Å². The number of amides is 1. The molecule has 0 bridgehead atoms. The van der Waals surface area contributed by atoms with Gasteiger partial charge in [0.25, 0.3) is 0 Å². The molecular weight excluding hydrogens is 340 g/mol. The first kappa shape index (κ1) is 17.9. The largest absolute Gasteiger partial charge is 0.352 e. The van der Waals surface area contributed by atoms with Crippen LogP contribution < -0.4 is 5.32 Å². The molecule has 8 heteroatoms. The summed E-state index contributed by atoms with van der Waals surface area (Å²) in [5.41, 5.74) is 1.96. The zero-order chi connectivity index (χ0) is 18.0. The Labute approximate surface area is 147 Å². The predicted octanol–water partition coefficient (Wildman–Crippen LogP) is 1.60. The van der Waals surface area contributed by atoms with Crippen LogP contribution in [0.4, 0.5) is 0 Å². The molecule has 1 amide bonds. The average molecular weight is 364 g/mol. The lowest BCUT2D eigenvalue weighted by molar-refractivity contribution is -0.119. The second kappa shape index (κ2) is 7.13. The molecule has 1 heterocycles. The van der Waals surface area contributed by atoms with Crippen molar-refractivity contribution in [3.8, 4) is 0 Å². The van der Waals surface area contributed by atoms with Gasteiger partial charge >= 0.3 is 0 Å². The fourth-order valence-corrected chi connectivity index (χ4v) is 3.97. The van der Waals surface area contributed by atoms with E-state index < -0.39 is 21.7 Å². The van der Waals surface area contributed by atoms with Crippen LogP contribution in [-0.2, 0) is 14.8 Å². The molecule has 1 aliphatic carbocycles. The Kier molecular flexibility index (Phi) is 5.10. The Bertz CT molecular complexity index is 827. The van der Waals surface area contributed by atoms with Crippen molar-refractivity contribution < 1.29 is 13.2 Å². The fourth-order valence-electron chi connectivity index (χ4n) is 3.30. The molecule has 1 saturated carbocycles. The first-order valence-corrected chi connectivity index (χ1v) is 10.1. The number of rotatable bonds is 5. The quantitative estimate of drug-likeness (QED) is 0.842. The highest BCUT2D eigenvalue weighted by Crippen LogP contribution is 2.32. The summed E-state index contributed by atoms with van der Waals surface area (Å²) in [5.74, 6) is 0.244. The Morgan fingerprint density at radius 1 is 1.32 bits per heavy atom. The maximum atomic E-state index is 12.1. The van der Waals surface area contributed by atoms with Gasteiger partial charge in [-0.1, -0.05) is 18.6 Å². The SMILES string of the molecule is CN(C)S(=O)(=O)CC(=O)NC1CCCC(c2nc3ccccc3[nH]2)C1. The first-order valence-electron chi connectivity index (χ1n) is 8.49. The summed E-state index contributed by atoms with van der Waals surface area (Å²) in [5, 5.41) is 2.88. The molecule has 7 nitrogen and oxygen atoms in total. The highest BCUT2D eigenvalue weighted by atomic mass is 32.2. The van der Waals surface area contributed by atoms with Gasteiger partial charge in [-0.3, -0.25) is 4.79 Å². The van der Waals surface area contributed by atoms with Crippen molar-refractivity contribution in [2.24, 2.45) is 0 Å². The lowest BCUT2D eigenvalue weighted by atomic mass is 9.85. The number of aromatic amines is 1. The molecule has 0 saturated heterocycles. The van der Waals surface area contributed by atoms with Gasteiger partial charge < -0.3 is 10.3 Å². The van der Waals surface area contributed by atoms with E-state index in [9.17, 15) is 13.2 Å². The third-order valence-electron chi connectivity index (χ3n) is 4.70. The van der Waals surface area contributed by atoms with Crippen LogP contribution in [0.15, 0.2) is 24.3 Å². The molecule has 1 aromatic carbocycles. The monoisotopic (exact) mass is 364 g/mol. The molecule has 25 heavy (non-hydrogen) atoms. The number of para-hydroxylation sites is 2. The van der Waals surface area contributed by atoms with Crippen LogP contribution in [0, 0.1) is 0 Å². The topological polar surface area (TPSA) is 95.2 Å². The lowest BCUT2D eigenvalue weighted by Gasteiger charge is -2.28. The smallest absolute Gasteiger partial charge is 0.236 e. The molecule has 2 aromatic rings. The number of aromatic nitrogens is 2. The summed E-state index contributed by atoms with van der Waals surface area (Å²) < 4.78 is 24.7. The predicted molar refractivity (Wildman–Crippen MR) is 96.7 cm³/mol. The molecular formula is C17H24N4O3S. The van der Waals surface area contributed by atoms with E-state index in [-0.39, 0.29) is 12.0 Å². The van der Waals surface area contributed by atoms with Crippen LogP contribution in [0.25, 0.3) is 11.0 Å². The molecule has 2 N–H and O–H groups in total. The summed E-state index contributed by atoms with van der Waals surface area (Å²) in [4.78, 5) is 20.1. The van der Waals surface area contributed by atoms with Crippen LogP contribution in [0.2, 0.25) is 0 Å². The molecule has 1 aromatic heterocycles. The third kappa shape index (κ3) is 4.19. The van der Waals surface area contributed by atoms with Gasteiger partial charge in [0, 0.05) is 26.1 Å². The molecule has 2 atom stereocenters. The number of nitrogens with zero attached hydrogens (tertiary/aromatic N) is 2. The number of fused-ring (bicyclic) bond motifs is 1. The number of hydrogen-bond donors (Lipinski definition) is 2. The van der Waals surface area contributed by atoms with Crippen LogP contribution in [0.3, 0.4) is 0 Å². The van der Waals surface area contributed by atoms with Gasteiger partial charge in [-0.15, -0.1) is 0 Å². The van der Waals surface area contributed by atoms with Gasteiger partial charge in [0.05, 0.1) is 11.0 Å². The van der Waals surface area contributed by atoms with E-state index in [4.69, 9.17) is 0 Å². The van der Waals surface area contributed by atoms with Crippen LogP contribution >= 0.6 is 0 Å². The molecule has 0 radical (unpaired) electrons. The van der Waals surface area contributed by atoms with Gasteiger partial charge in [-0.05, 0) is 31.4 Å². The van der Waals surface area contributed by atoms with E-state index in [2.05, 4.69) is 15.3 Å². The number of carbonyl (C=O) groups is 1. The maximum absolute atomic E-state index is 12.1. The Morgan fingerprint density at radius 2 is 2.08 bits per heavy atom. The van der Waals surface area contributed by atoms with Crippen LogP contribution in [0.1, 0.15) is 37.4 Å². The number of carbonyl (C=O) groups excluding carboxylic acids is 1. The molecule has 1 aliphatic rings. The standard InChI is InChI=1S/C17H24N4O3S/c1-21(2)25(23,24)11-16(22)18-13-7-5-6-12(10-13)17-19-14-8-3-4-9-15(14)20-17/h3-4,8-9,12-13H,5-7,10-11H2,1-2H3,(H,18,22)(H,19,20). The Hall–Kier alpha value is -1.93. The van der Waals surface area contributed by atoms with Gasteiger partial charge in [0.2, 0.25) is 15.9 Å². The van der Waals surface area contributed by atoms with E-state index in [0.717, 1.165) is 46.8 Å². The third-order valence-corrected chi connectivity index (χ3v) is 6.44. The minimum atomic E-state index is -3.53. The minimum absolute atomic E-state index is 0.0168. The molecule has 136 valence electrons. The Balaban J connectivity index is 1.64. The van der Waals surface area contributed by atoms with E-state index >= 15 is 0 Å². The van der Waals surface area contributed by atoms with Crippen molar-refractivity contribution in [1.82, 2.24) is 19.6 Å². The number of nitrogens with one attached hydrogen (secondary N) is 2. The van der Waals surface area contributed by atoms with Crippen molar-refractivity contribution in [3.63, 3.8) is 0 Å². The highest BCUT2D eigenvalue weighted by molar-refractivity contribution is 7.89. The van der Waals surface area contributed by atoms with Crippen LogP contribution in [-0.4, -0.2) is 54.5 Å². The molecule has 0 spiro atoms. The second-order valence-electron chi connectivity index (χ2n) is 6.81. The van der Waals surface area contributed by atoms with Crippen molar-refractivity contribution in [2.45, 2.75) is 37.6 Å². The summed E-state index contributed by atoms with van der Waals surface area (Å²) in [6.07, 6.45) is 3.63. The van der Waals surface area contributed by atoms with Crippen LogP contribution in [0.5, 0.6) is 0 Å². The van der Waals surface area contributed by atoms with E-state index in [1.165, 1.54) is 14.1 Å². The summed E-state index contributed by atoms with van der Waals surface area (Å²) in [7, 11) is -0.666. The highest BCUT2D eigenvalue weighted by Gasteiger charge is 2.28. The summed E-state index contributed by atoms with van der Waals surface area (Å²) >= 11 is 0. The molecule has 2 unspecified atom stereocenters. The number of benzene rings is 1. The molecule has 0 aliphatic heterocycles. The van der Waals surface area contributed by atoms with Gasteiger partial charge in [0.1, 0.15) is 11.6 Å². The number of hydrogen-bond acceptors (Lipinski definition) is 4. The van der Waals surface area contributed by atoms with Gasteiger partial charge in [-0.2, -0.15) is 0 Å². The second-order valence-corrected chi connectivity index (χ2v) is 8.99. The van der Waals surface area contributed by atoms with E-state index in [0.29, 0.717) is 0 Å². The van der Waals surface area contributed by atoms with Crippen molar-refractivity contribution in [2.75, 3.05) is 19.8 Å². The summed E-state index contributed by atoms with van der Waals surface area (Å²) in [6.45, 7) is 0. The molecule has 3 rings (SSSR count). The zero-order valence-electron chi connectivity index (χ0n) is 14.5. The fraction of sp³-hybridized carbons (Fsp3) is 0.529. The van der Waals surface area contributed by atoms with Gasteiger partial charge in [-0.25, -0.2) is 17.7 Å². The minimum Gasteiger partial charge on any atom is -0.352 e. The van der Waals surface area contributed by atoms with Crippen molar-refractivity contribution >= 4 is 27.0 Å². The first-order chi connectivity index (χ1) is 11.8. The normalized spacial score (nSPS) is 21.6. The summed E-state index contributed by atoms with van der Waals surface area (Å²) in [6, 6.07) is 7.89. The van der Waals surface area contributed by atoms with E-state index in [1.807, 2.05) is 24.3 Å². The zero-order valence-corrected chi connectivity index (χ0v) is 15.3.